The number of benzene rings is 1. The Morgan fingerprint density at radius 3 is 2.81 bits per heavy atom. The van der Waals surface area contributed by atoms with Crippen LogP contribution in [0.3, 0.4) is 0 Å². The van der Waals surface area contributed by atoms with Gasteiger partial charge in [-0.15, -0.1) is 0 Å². The molecule has 1 aliphatic heterocycles. The van der Waals surface area contributed by atoms with Crippen molar-refractivity contribution in [1.29, 1.82) is 0 Å². The average Bonchev–Trinajstić information content (AvgIpc) is 2.52. The van der Waals surface area contributed by atoms with Crippen molar-refractivity contribution in [2.24, 2.45) is 0 Å². The highest BCUT2D eigenvalue weighted by atomic mass is 35.5. The Hall–Kier alpha value is -2.21. The van der Waals surface area contributed by atoms with E-state index in [4.69, 9.17) is 25.8 Å². The molecule has 1 aliphatic rings. The second kappa shape index (κ2) is 7.54. The molecule has 0 unspecified atom stereocenters. The summed E-state index contributed by atoms with van der Waals surface area (Å²) in [7, 11) is 0. The molecule has 7 heteroatoms. The smallest absolute Gasteiger partial charge is 0.377 e. The zero-order valence-corrected chi connectivity index (χ0v) is 11.9. The molecule has 0 atom stereocenters. The highest BCUT2D eigenvalue weighted by Crippen LogP contribution is 2.14. The Kier molecular flexibility index (Phi) is 5.45. The molecule has 6 nitrogen and oxygen atoms in total. The Morgan fingerprint density at radius 1 is 1.29 bits per heavy atom. The molecule has 1 N–H and O–H groups in total. The van der Waals surface area contributed by atoms with Gasteiger partial charge >= 0.3 is 5.97 Å². The summed E-state index contributed by atoms with van der Waals surface area (Å²) >= 11 is 5.96. The number of hydrogen-bond acceptors (Lipinski definition) is 5. The largest absolute Gasteiger partial charge is 0.493 e. The lowest BCUT2D eigenvalue weighted by atomic mass is 10.2. The van der Waals surface area contributed by atoms with Crippen molar-refractivity contribution in [2.45, 2.75) is 6.54 Å². The van der Waals surface area contributed by atoms with Crippen molar-refractivity contribution in [2.75, 3.05) is 19.8 Å². The second-order valence-corrected chi connectivity index (χ2v) is 4.55. The molecule has 1 amide bonds. The van der Waals surface area contributed by atoms with Crippen LogP contribution in [0.25, 0.3) is 0 Å². The predicted octanol–water partition coefficient (Wildman–Crippen LogP) is 1.39. The summed E-state index contributed by atoms with van der Waals surface area (Å²) in [4.78, 5) is 23.1. The molecule has 1 aromatic rings. The second-order valence-electron chi connectivity index (χ2n) is 4.15. The zero-order chi connectivity index (χ0) is 15.1. The molecule has 0 spiro atoms. The Morgan fingerprint density at radius 2 is 2.10 bits per heavy atom. The van der Waals surface area contributed by atoms with Crippen LogP contribution < -0.4 is 5.32 Å². The van der Waals surface area contributed by atoms with Crippen molar-refractivity contribution >= 4 is 23.5 Å². The van der Waals surface area contributed by atoms with Crippen LogP contribution in [0.1, 0.15) is 5.56 Å². The lowest BCUT2D eigenvalue weighted by Gasteiger charge is -2.14. The van der Waals surface area contributed by atoms with Gasteiger partial charge in [0.25, 0.3) is 5.91 Å². The molecule has 0 radical (unpaired) electrons. The van der Waals surface area contributed by atoms with E-state index in [0.717, 1.165) is 5.56 Å². The number of rotatable bonds is 5. The van der Waals surface area contributed by atoms with Crippen LogP contribution in [0.4, 0.5) is 0 Å². The van der Waals surface area contributed by atoms with Crippen LogP contribution in [-0.2, 0) is 30.3 Å². The number of ether oxygens (including phenoxy) is 3. The van der Waals surface area contributed by atoms with Gasteiger partial charge in [-0.2, -0.15) is 0 Å². The van der Waals surface area contributed by atoms with Gasteiger partial charge in [0.15, 0.2) is 6.61 Å². The van der Waals surface area contributed by atoms with E-state index in [1.807, 2.05) is 6.07 Å². The van der Waals surface area contributed by atoms with E-state index in [0.29, 0.717) is 11.6 Å². The van der Waals surface area contributed by atoms with Gasteiger partial charge in [-0.25, -0.2) is 4.79 Å². The van der Waals surface area contributed by atoms with Gasteiger partial charge in [0.2, 0.25) is 5.76 Å². The number of carbonyl (C=O) groups is 2. The van der Waals surface area contributed by atoms with Crippen molar-refractivity contribution in [3.63, 3.8) is 0 Å². The molecule has 21 heavy (non-hydrogen) atoms. The van der Waals surface area contributed by atoms with Crippen molar-refractivity contribution in [3.8, 4) is 0 Å². The molecule has 0 aromatic heterocycles. The topological polar surface area (TPSA) is 73.9 Å². The van der Waals surface area contributed by atoms with E-state index in [1.165, 1.54) is 6.26 Å². The summed E-state index contributed by atoms with van der Waals surface area (Å²) < 4.78 is 14.8. The fourth-order valence-corrected chi connectivity index (χ4v) is 1.77. The van der Waals surface area contributed by atoms with Crippen molar-refractivity contribution in [3.05, 3.63) is 46.9 Å². The molecule has 0 saturated carbocycles. The average molecular weight is 312 g/mol. The highest BCUT2D eigenvalue weighted by molar-refractivity contribution is 6.31. The fraction of sp³-hybridized carbons (Fsp3) is 0.286. The fourth-order valence-electron chi connectivity index (χ4n) is 1.56. The summed E-state index contributed by atoms with van der Waals surface area (Å²) in [5, 5.41) is 3.17. The van der Waals surface area contributed by atoms with Crippen molar-refractivity contribution in [1.82, 2.24) is 5.32 Å². The van der Waals surface area contributed by atoms with E-state index in [1.54, 1.807) is 18.2 Å². The maximum atomic E-state index is 11.6. The normalized spacial score (nSPS) is 13.5. The highest BCUT2D eigenvalue weighted by Gasteiger charge is 2.17. The Bertz CT molecular complexity index is 558. The van der Waals surface area contributed by atoms with Crippen LogP contribution in [0.5, 0.6) is 0 Å². The van der Waals surface area contributed by atoms with Gasteiger partial charge < -0.3 is 19.5 Å². The Balaban J connectivity index is 1.74. The lowest BCUT2D eigenvalue weighted by molar-refractivity contribution is -0.149. The Labute approximate surface area is 126 Å². The minimum atomic E-state index is -0.734. The minimum absolute atomic E-state index is 0.0415. The van der Waals surface area contributed by atoms with E-state index in [9.17, 15) is 9.59 Å². The molecule has 0 aliphatic carbocycles. The SMILES string of the molecule is O=C(COC(=O)C1=COCCO1)NCc1ccccc1Cl. The molecule has 0 bridgehead atoms. The van der Waals surface area contributed by atoms with E-state index in [2.05, 4.69) is 5.32 Å². The number of carbonyl (C=O) groups excluding carboxylic acids is 2. The third-order valence-corrected chi connectivity index (χ3v) is 2.99. The van der Waals surface area contributed by atoms with Crippen LogP contribution >= 0.6 is 11.6 Å². The quantitative estimate of drug-likeness (QED) is 0.832. The zero-order valence-electron chi connectivity index (χ0n) is 11.1. The molecular formula is C14H14ClNO5. The summed E-state index contributed by atoms with van der Waals surface area (Å²) in [5.41, 5.74) is 0.783. The predicted molar refractivity (Wildman–Crippen MR) is 74.2 cm³/mol. The van der Waals surface area contributed by atoms with Gasteiger partial charge in [-0.05, 0) is 11.6 Å². The first-order chi connectivity index (χ1) is 10.2. The minimum Gasteiger partial charge on any atom is -0.493 e. The first kappa shape index (κ1) is 15.2. The van der Waals surface area contributed by atoms with Gasteiger partial charge in [-0.1, -0.05) is 29.8 Å². The van der Waals surface area contributed by atoms with E-state index >= 15 is 0 Å². The molecular weight excluding hydrogens is 298 g/mol. The molecule has 1 aromatic carbocycles. The van der Waals surface area contributed by atoms with Crippen molar-refractivity contribution < 1.29 is 23.8 Å². The number of nitrogens with one attached hydrogen (secondary N) is 1. The van der Waals surface area contributed by atoms with Crippen LogP contribution in [0.15, 0.2) is 36.3 Å². The summed E-state index contributed by atoms with van der Waals surface area (Å²) in [5.74, 6) is -1.21. The number of amides is 1. The van der Waals surface area contributed by atoms with Crippen LogP contribution in [0, 0.1) is 0 Å². The van der Waals surface area contributed by atoms with E-state index in [-0.39, 0.29) is 18.9 Å². The molecule has 2 rings (SSSR count). The summed E-state index contributed by atoms with van der Waals surface area (Å²) in [6, 6.07) is 7.15. The molecule has 1 heterocycles. The number of hydrogen-bond donors (Lipinski definition) is 1. The van der Waals surface area contributed by atoms with Gasteiger partial charge in [0.1, 0.15) is 19.5 Å². The maximum absolute atomic E-state index is 11.6. The monoisotopic (exact) mass is 311 g/mol. The van der Waals surface area contributed by atoms with Gasteiger partial charge in [-0.3, -0.25) is 4.79 Å². The molecule has 112 valence electrons. The summed E-state index contributed by atoms with van der Waals surface area (Å²) in [6.45, 7) is 0.525. The van der Waals surface area contributed by atoms with Gasteiger partial charge in [0.05, 0.1) is 0 Å². The van der Waals surface area contributed by atoms with Crippen LogP contribution in [0.2, 0.25) is 5.02 Å². The molecule has 0 fully saturated rings. The lowest BCUT2D eigenvalue weighted by Crippen LogP contribution is -2.29. The maximum Gasteiger partial charge on any atom is 0.377 e. The first-order valence-electron chi connectivity index (χ1n) is 6.28. The number of esters is 1. The van der Waals surface area contributed by atoms with E-state index < -0.39 is 18.5 Å². The van der Waals surface area contributed by atoms with Crippen LogP contribution in [-0.4, -0.2) is 31.7 Å². The third kappa shape index (κ3) is 4.68. The first-order valence-corrected chi connectivity index (χ1v) is 6.66. The van der Waals surface area contributed by atoms with Gasteiger partial charge in [0, 0.05) is 11.6 Å². The number of halogens is 1. The third-order valence-electron chi connectivity index (χ3n) is 2.62. The standard InChI is InChI=1S/C14H14ClNO5/c15-11-4-2-1-3-10(11)7-16-13(17)9-21-14(18)12-8-19-5-6-20-12/h1-4,8H,5-7,9H2,(H,16,17). The summed E-state index contributed by atoms with van der Waals surface area (Å²) in [6.07, 6.45) is 1.17. The molecule has 0 saturated heterocycles.